The molecule has 2 aromatic carbocycles. The third-order valence-electron chi connectivity index (χ3n) is 3.44. The lowest BCUT2D eigenvalue weighted by Gasteiger charge is -2.08. The number of carbonyl (C=O) groups is 3. The van der Waals surface area contributed by atoms with Crippen LogP contribution in [0.5, 0.6) is 5.75 Å². The molecule has 0 saturated carbocycles. The molecule has 0 aliphatic heterocycles. The Morgan fingerprint density at radius 3 is 2.37 bits per heavy atom. The minimum atomic E-state index is -3.01. The zero-order valence-corrected chi connectivity index (χ0v) is 14.4. The molecule has 0 fully saturated rings. The van der Waals surface area contributed by atoms with Crippen LogP contribution in [0.4, 0.5) is 14.5 Å². The lowest BCUT2D eigenvalue weighted by molar-refractivity contribution is -0.115. The standard InChI is InChI=1S/C19H17F2NO5/c1-2-17(24)22-14-8-6-12(7-9-14)16(23)11-26-18(25)13-4-3-5-15(10-13)27-19(20)21/h3-10,19H,2,11H2,1H3,(H,22,24). The molecule has 1 amide bonds. The van der Waals surface area contributed by atoms with Crippen LogP contribution in [0, 0.1) is 0 Å². The second kappa shape index (κ2) is 9.42. The fourth-order valence-electron chi connectivity index (χ4n) is 2.09. The number of amides is 1. The van der Waals surface area contributed by atoms with Crippen LogP contribution in [0.1, 0.15) is 34.1 Å². The highest BCUT2D eigenvalue weighted by Gasteiger charge is 2.14. The van der Waals surface area contributed by atoms with Gasteiger partial charge in [0.1, 0.15) is 5.75 Å². The third kappa shape index (κ3) is 6.18. The van der Waals surface area contributed by atoms with Crippen molar-refractivity contribution in [3.8, 4) is 5.75 Å². The van der Waals surface area contributed by atoms with Gasteiger partial charge in [-0.3, -0.25) is 9.59 Å². The number of alkyl halides is 2. The molecule has 0 unspecified atom stereocenters. The molecule has 0 heterocycles. The van der Waals surface area contributed by atoms with Crippen molar-refractivity contribution in [3.63, 3.8) is 0 Å². The summed E-state index contributed by atoms with van der Waals surface area (Å²) in [6.07, 6.45) is 0.334. The Bertz CT molecular complexity index is 821. The molecule has 8 heteroatoms. The number of ketones is 1. The van der Waals surface area contributed by atoms with Crippen molar-refractivity contribution < 1.29 is 32.6 Å². The summed E-state index contributed by atoms with van der Waals surface area (Å²) in [5.74, 6) is -1.62. The van der Waals surface area contributed by atoms with Gasteiger partial charge in [-0.25, -0.2) is 4.79 Å². The van der Waals surface area contributed by atoms with E-state index in [2.05, 4.69) is 10.1 Å². The van der Waals surface area contributed by atoms with E-state index in [0.717, 1.165) is 6.07 Å². The van der Waals surface area contributed by atoms with Crippen LogP contribution < -0.4 is 10.1 Å². The molecule has 0 aliphatic carbocycles. The van der Waals surface area contributed by atoms with Gasteiger partial charge in [0.25, 0.3) is 0 Å². The Kier molecular flexibility index (Phi) is 6.99. The Morgan fingerprint density at radius 1 is 1.04 bits per heavy atom. The van der Waals surface area contributed by atoms with Crippen molar-refractivity contribution >= 4 is 23.3 Å². The summed E-state index contributed by atoms with van der Waals surface area (Å²) < 4.78 is 33.5. The van der Waals surface area contributed by atoms with Crippen LogP contribution in [0.2, 0.25) is 0 Å². The van der Waals surface area contributed by atoms with E-state index in [-0.39, 0.29) is 17.2 Å². The topological polar surface area (TPSA) is 81.7 Å². The van der Waals surface area contributed by atoms with E-state index in [1.807, 2.05) is 0 Å². The normalized spacial score (nSPS) is 10.4. The molecule has 2 aromatic rings. The molecule has 1 N–H and O–H groups in total. The van der Waals surface area contributed by atoms with Crippen molar-refractivity contribution in [2.75, 3.05) is 11.9 Å². The highest BCUT2D eigenvalue weighted by molar-refractivity contribution is 6.00. The fourth-order valence-corrected chi connectivity index (χ4v) is 2.09. The van der Waals surface area contributed by atoms with Gasteiger partial charge in [-0.2, -0.15) is 8.78 Å². The summed E-state index contributed by atoms with van der Waals surface area (Å²) in [6.45, 7) is -1.81. The number of benzene rings is 2. The van der Waals surface area contributed by atoms with Crippen molar-refractivity contribution in [1.82, 2.24) is 0 Å². The summed E-state index contributed by atoms with van der Waals surface area (Å²) >= 11 is 0. The van der Waals surface area contributed by atoms with Crippen molar-refractivity contribution in [1.29, 1.82) is 0 Å². The summed E-state index contributed by atoms with van der Waals surface area (Å²) in [7, 11) is 0. The van der Waals surface area contributed by atoms with Crippen molar-refractivity contribution in [2.45, 2.75) is 20.0 Å². The van der Waals surface area contributed by atoms with Crippen LogP contribution in [-0.2, 0) is 9.53 Å². The fraction of sp³-hybridized carbons (Fsp3) is 0.211. The summed E-state index contributed by atoms with van der Waals surface area (Å²) in [5, 5.41) is 2.65. The van der Waals surface area contributed by atoms with E-state index in [0.29, 0.717) is 17.7 Å². The van der Waals surface area contributed by atoms with E-state index in [4.69, 9.17) is 4.74 Å². The number of ether oxygens (including phenoxy) is 2. The predicted octanol–water partition coefficient (Wildman–Crippen LogP) is 3.68. The van der Waals surface area contributed by atoms with Gasteiger partial charge in [0.05, 0.1) is 5.56 Å². The molecule has 0 saturated heterocycles. The Balaban J connectivity index is 1.93. The minimum Gasteiger partial charge on any atom is -0.454 e. The number of Topliss-reactive ketones (excluding diaryl/α,β-unsaturated/α-hetero) is 1. The molecule has 6 nitrogen and oxygen atoms in total. The third-order valence-corrected chi connectivity index (χ3v) is 3.44. The first-order chi connectivity index (χ1) is 12.9. The minimum absolute atomic E-state index is 0.0152. The monoisotopic (exact) mass is 377 g/mol. The highest BCUT2D eigenvalue weighted by Crippen LogP contribution is 2.17. The number of hydrogen-bond acceptors (Lipinski definition) is 5. The highest BCUT2D eigenvalue weighted by atomic mass is 19.3. The maximum atomic E-state index is 12.2. The number of rotatable bonds is 8. The number of halogens is 2. The molecular weight excluding hydrogens is 360 g/mol. The number of esters is 1. The second-order valence-corrected chi connectivity index (χ2v) is 5.38. The first-order valence-electron chi connectivity index (χ1n) is 8.04. The number of carbonyl (C=O) groups excluding carboxylic acids is 3. The number of nitrogens with one attached hydrogen (secondary N) is 1. The summed E-state index contributed by atoms with van der Waals surface area (Å²) in [6, 6.07) is 11.2. The first kappa shape index (κ1) is 20.0. The van der Waals surface area contributed by atoms with Crippen molar-refractivity contribution in [2.24, 2.45) is 0 Å². The maximum Gasteiger partial charge on any atom is 0.387 e. The quantitative estimate of drug-likeness (QED) is 0.561. The second-order valence-electron chi connectivity index (χ2n) is 5.38. The molecule has 0 aromatic heterocycles. The van der Waals surface area contributed by atoms with Gasteiger partial charge >= 0.3 is 12.6 Å². The SMILES string of the molecule is CCC(=O)Nc1ccc(C(=O)COC(=O)c2cccc(OC(F)F)c2)cc1. The van der Waals surface area contributed by atoms with Gasteiger partial charge in [-0.15, -0.1) is 0 Å². The summed E-state index contributed by atoms with van der Waals surface area (Å²) in [4.78, 5) is 35.4. The van der Waals surface area contributed by atoms with E-state index in [9.17, 15) is 23.2 Å². The van der Waals surface area contributed by atoms with Crippen LogP contribution in [0.15, 0.2) is 48.5 Å². The van der Waals surface area contributed by atoms with Crippen LogP contribution in [0.25, 0.3) is 0 Å². The number of anilines is 1. The van der Waals surface area contributed by atoms with Gasteiger partial charge in [0.2, 0.25) is 5.91 Å². The van der Waals surface area contributed by atoms with E-state index < -0.39 is 25.0 Å². The van der Waals surface area contributed by atoms with Crippen LogP contribution in [0.3, 0.4) is 0 Å². The Labute approximate surface area is 154 Å². The average molecular weight is 377 g/mol. The molecule has 27 heavy (non-hydrogen) atoms. The van der Waals surface area contributed by atoms with E-state index in [1.54, 1.807) is 19.1 Å². The zero-order valence-electron chi connectivity index (χ0n) is 14.4. The molecule has 0 aliphatic rings. The van der Waals surface area contributed by atoms with Gasteiger partial charge < -0.3 is 14.8 Å². The molecule has 0 atom stereocenters. The Morgan fingerprint density at radius 2 is 1.74 bits per heavy atom. The first-order valence-corrected chi connectivity index (χ1v) is 8.04. The van der Waals surface area contributed by atoms with Gasteiger partial charge in [-0.05, 0) is 42.5 Å². The van der Waals surface area contributed by atoms with Gasteiger partial charge in [0, 0.05) is 17.7 Å². The largest absolute Gasteiger partial charge is 0.454 e. The lowest BCUT2D eigenvalue weighted by Crippen LogP contribution is -2.15. The van der Waals surface area contributed by atoms with E-state index in [1.165, 1.54) is 30.3 Å². The van der Waals surface area contributed by atoms with Gasteiger partial charge in [0.15, 0.2) is 12.4 Å². The predicted molar refractivity (Wildman–Crippen MR) is 93.0 cm³/mol. The molecule has 0 spiro atoms. The molecule has 0 bridgehead atoms. The molecule has 142 valence electrons. The smallest absolute Gasteiger partial charge is 0.387 e. The lowest BCUT2D eigenvalue weighted by atomic mass is 10.1. The zero-order chi connectivity index (χ0) is 19.8. The van der Waals surface area contributed by atoms with Crippen LogP contribution >= 0.6 is 0 Å². The average Bonchev–Trinajstić information content (AvgIpc) is 2.66. The molecular formula is C19H17F2NO5. The van der Waals surface area contributed by atoms with Crippen LogP contribution in [-0.4, -0.2) is 30.9 Å². The molecule has 0 radical (unpaired) electrons. The van der Waals surface area contributed by atoms with Gasteiger partial charge in [-0.1, -0.05) is 13.0 Å². The molecule has 2 rings (SSSR count). The summed E-state index contributed by atoms with van der Waals surface area (Å²) in [5.41, 5.74) is 0.830. The number of hydrogen-bond donors (Lipinski definition) is 1. The van der Waals surface area contributed by atoms with E-state index >= 15 is 0 Å². The van der Waals surface area contributed by atoms with Crippen molar-refractivity contribution in [3.05, 3.63) is 59.7 Å². The Hall–Kier alpha value is -3.29. The maximum absolute atomic E-state index is 12.2.